The van der Waals surface area contributed by atoms with Gasteiger partial charge >= 0.3 is 0 Å². The second-order valence-corrected chi connectivity index (χ2v) is 4.78. The Morgan fingerprint density at radius 3 is 2.89 bits per heavy atom. The molecule has 0 spiro atoms. The number of phenols is 1. The average molecular weight is 265 g/mol. The van der Waals surface area contributed by atoms with Gasteiger partial charge in [-0.15, -0.1) is 10.2 Å². The SMILES string of the molecule is CCc1nnc(NCc2ccc(O)c(OC)c2)s1. The molecule has 0 amide bonds. The number of rotatable bonds is 5. The number of hydrogen-bond donors (Lipinski definition) is 2. The Hall–Kier alpha value is -1.82. The molecule has 0 aliphatic carbocycles. The number of phenolic OH excluding ortho intramolecular Hbond substituents is 1. The zero-order valence-electron chi connectivity index (χ0n) is 10.3. The van der Waals surface area contributed by atoms with E-state index in [9.17, 15) is 5.11 Å². The Balaban J connectivity index is 2.01. The zero-order valence-corrected chi connectivity index (χ0v) is 11.1. The number of methoxy groups -OCH3 is 1. The summed E-state index contributed by atoms with van der Waals surface area (Å²) in [6, 6.07) is 5.25. The van der Waals surface area contributed by atoms with Gasteiger partial charge < -0.3 is 15.2 Å². The third-order valence-electron chi connectivity index (χ3n) is 2.46. The van der Waals surface area contributed by atoms with Crippen molar-refractivity contribution in [2.75, 3.05) is 12.4 Å². The van der Waals surface area contributed by atoms with Crippen LogP contribution < -0.4 is 10.1 Å². The van der Waals surface area contributed by atoms with E-state index in [4.69, 9.17) is 4.74 Å². The van der Waals surface area contributed by atoms with Crippen LogP contribution in [0, 0.1) is 0 Å². The largest absolute Gasteiger partial charge is 0.504 e. The number of benzene rings is 1. The summed E-state index contributed by atoms with van der Waals surface area (Å²) in [6.07, 6.45) is 0.895. The molecule has 6 heteroatoms. The van der Waals surface area contributed by atoms with Gasteiger partial charge in [-0.05, 0) is 24.1 Å². The number of nitrogens with zero attached hydrogens (tertiary/aromatic N) is 2. The van der Waals surface area contributed by atoms with E-state index in [1.165, 1.54) is 7.11 Å². The molecule has 96 valence electrons. The summed E-state index contributed by atoms with van der Waals surface area (Å²) in [5.41, 5.74) is 1.01. The average Bonchev–Trinajstić information content (AvgIpc) is 2.86. The Morgan fingerprint density at radius 1 is 1.39 bits per heavy atom. The summed E-state index contributed by atoms with van der Waals surface area (Å²) in [4.78, 5) is 0. The first-order valence-corrected chi connectivity index (χ1v) is 6.46. The lowest BCUT2D eigenvalue weighted by molar-refractivity contribution is 0.373. The first kappa shape index (κ1) is 12.6. The number of nitrogens with one attached hydrogen (secondary N) is 1. The predicted octanol–water partition coefficient (Wildman–Crippen LogP) is 2.43. The van der Waals surface area contributed by atoms with E-state index in [0.29, 0.717) is 12.3 Å². The quantitative estimate of drug-likeness (QED) is 0.869. The Labute approximate surface area is 109 Å². The summed E-state index contributed by atoms with van der Waals surface area (Å²) in [5, 5.41) is 22.6. The van der Waals surface area contributed by atoms with Crippen LogP contribution in [0.15, 0.2) is 18.2 Å². The minimum Gasteiger partial charge on any atom is -0.504 e. The molecule has 1 heterocycles. The fraction of sp³-hybridized carbons (Fsp3) is 0.333. The zero-order chi connectivity index (χ0) is 13.0. The highest BCUT2D eigenvalue weighted by Crippen LogP contribution is 2.26. The van der Waals surface area contributed by atoms with Gasteiger partial charge in [0.05, 0.1) is 7.11 Å². The molecule has 0 radical (unpaired) electrons. The monoisotopic (exact) mass is 265 g/mol. The summed E-state index contributed by atoms with van der Waals surface area (Å²) in [7, 11) is 1.53. The molecule has 2 aromatic rings. The lowest BCUT2D eigenvalue weighted by Gasteiger charge is -2.06. The van der Waals surface area contributed by atoms with Crippen molar-refractivity contribution in [3.8, 4) is 11.5 Å². The van der Waals surface area contributed by atoms with Gasteiger partial charge in [0, 0.05) is 6.54 Å². The van der Waals surface area contributed by atoms with Crippen molar-refractivity contribution < 1.29 is 9.84 Å². The molecular formula is C12H15N3O2S. The lowest BCUT2D eigenvalue weighted by Crippen LogP contribution is -1.99. The van der Waals surface area contributed by atoms with Gasteiger partial charge in [-0.3, -0.25) is 0 Å². The molecule has 0 unspecified atom stereocenters. The highest BCUT2D eigenvalue weighted by molar-refractivity contribution is 7.15. The molecule has 5 nitrogen and oxygen atoms in total. The molecule has 0 saturated heterocycles. The van der Waals surface area contributed by atoms with Gasteiger partial charge in [-0.25, -0.2) is 0 Å². The molecule has 0 fully saturated rings. The van der Waals surface area contributed by atoms with E-state index in [-0.39, 0.29) is 5.75 Å². The first-order valence-electron chi connectivity index (χ1n) is 5.65. The van der Waals surface area contributed by atoms with Crippen molar-refractivity contribution in [2.24, 2.45) is 0 Å². The van der Waals surface area contributed by atoms with Crippen molar-refractivity contribution in [3.05, 3.63) is 28.8 Å². The van der Waals surface area contributed by atoms with Crippen LogP contribution >= 0.6 is 11.3 Å². The number of aromatic nitrogens is 2. The van der Waals surface area contributed by atoms with E-state index in [1.807, 2.05) is 6.07 Å². The van der Waals surface area contributed by atoms with Gasteiger partial charge in [0.25, 0.3) is 0 Å². The maximum absolute atomic E-state index is 9.49. The number of hydrogen-bond acceptors (Lipinski definition) is 6. The van der Waals surface area contributed by atoms with Crippen molar-refractivity contribution in [3.63, 3.8) is 0 Å². The van der Waals surface area contributed by atoms with Crippen molar-refractivity contribution in [1.82, 2.24) is 10.2 Å². The highest BCUT2D eigenvalue weighted by atomic mass is 32.1. The molecule has 0 aliphatic heterocycles. The van der Waals surface area contributed by atoms with Crippen LogP contribution in [-0.4, -0.2) is 22.4 Å². The van der Waals surface area contributed by atoms with Crippen molar-refractivity contribution >= 4 is 16.5 Å². The summed E-state index contributed by atoms with van der Waals surface area (Å²) in [6.45, 7) is 2.67. The molecule has 1 aromatic carbocycles. The van der Waals surface area contributed by atoms with E-state index >= 15 is 0 Å². The molecular weight excluding hydrogens is 250 g/mol. The Bertz CT molecular complexity index is 528. The van der Waals surface area contributed by atoms with Gasteiger partial charge in [-0.2, -0.15) is 0 Å². The molecule has 18 heavy (non-hydrogen) atoms. The molecule has 0 bridgehead atoms. The molecule has 1 aromatic heterocycles. The lowest BCUT2D eigenvalue weighted by atomic mass is 10.2. The minimum absolute atomic E-state index is 0.144. The summed E-state index contributed by atoms with van der Waals surface area (Å²) in [5.74, 6) is 0.617. The van der Waals surface area contributed by atoms with Crippen molar-refractivity contribution in [1.29, 1.82) is 0 Å². The fourth-order valence-electron chi connectivity index (χ4n) is 1.48. The molecule has 2 rings (SSSR count). The topological polar surface area (TPSA) is 67.3 Å². The van der Waals surface area contributed by atoms with Crippen LogP contribution in [0.2, 0.25) is 0 Å². The summed E-state index contributed by atoms with van der Waals surface area (Å²) >= 11 is 1.55. The number of ether oxygens (including phenoxy) is 1. The molecule has 2 N–H and O–H groups in total. The van der Waals surface area contributed by atoms with E-state index in [1.54, 1.807) is 23.5 Å². The summed E-state index contributed by atoms with van der Waals surface area (Å²) < 4.78 is 5.06. The number of aromatic hydroxyl groups is 1. The van der Waals surface area contributed by atoms with E-state index < -0.39 is 0 Å². The Morgan fingerprint density at radius 2 is 2.22 bits per heavy atom. The third kappa shape index (κ3) is 2.89. The first-order chi connectivity index (χ1) is 8.72. The van der Waals surface area contributed by atoms with Crippen LogP contribution in [0.4, 0.5) is 5.13 Å². The molecule has 0 saturated carbocycles. The van der Waals surface area contributed by atoms with Crippen molar-refractivity contribution in [2.45, 2.75) is 19.9 Å². The van der Waals surface area contributed by atoms with Crippen LogP contribution in [0.3, 0.4) is 0 Å². The third-order valence-corrected chi connectivity index (χ3v) is 3.48. The maximum atomic E-state index is 9.49. The van der Waals surface area contributed by atoms with Gasteiger partial charge in [0.15, 0.2) is 11.5 Å². The van der Waals surface area contributed by atoms with E-state index in [2.05, 4.69) is 22.4 Å². The van der Waals surface area contributed by atoms with E-state index in [0.717, 1.165) is 22.1 Å². The van der Waals surface area contributed by atoms with Crippen LogP contribution in [0.1, 0.15) is 17.5 Å². The van der Waals surface area contributed by atoms with Gasteiger partial charge in [0.1, 0.15) is 5.01 Å². The normalized spacial score (nSPS) is 10.3. The standard InChI is InChI=1S/C12H15N3O2S/c1-3-11-14-15-12(18-11)13-7-8-4-5-9(16)10(6-8)17-2/h4-6,16H,3,7H2,1-2H3,(H,13,15). The molecule has 0 atom stereocenters. The van der Waals surface area contributed by atoms with Gasteiger partial charge in [-0.1, -0.05) is 24.3 Å². The number of anilines is 1. The second-order valence-electron chi connectivity index (χ2n) is 3.71. The minimum atomic E-state index is 0.144. The smallest absolute Gasteiger partial charge is 0.205 e. The fourth-order valence-corrected chi connectivity index (χ4v) is 2.15. The highest BCUT2D eigenvalue weighted by Gasteiger charge is 2.04. The predicted molar refractivity (Wildman–Crippen MR) is 71.3 cm³/mol. The van der Waals surface area contributed by atoms with Crippen LogP contribution in [-0.2, 0) is 13.0 Å². The second kappa shape index (κ2) is 5.68. The van der Waals surface area contributed by atoms with Crippen LogP contribution in [0.25, 0.3) is 0 Å². The molecule has 0 aliphatic rings. The van der Waals surface area contributed by atoms with Crippen LogP contribution in [0.5, 0.6) is 11.5 Å². The maximum Gasteiger partial charge on any atom is 0.205 e. The number of aryl methyl sites for hydroxylation is 1. The Kier molecular flexibility index (Phi) is 3.99. The van der Waals surface area contributed by atoms with Gasteiger partial charge in [0.2, 0.25) is 5.13 Å².